The first kappa shape index (κ1) is 26.2. The van der Waals surface area contributed by atoms with E-state index in [1.807, 2.05) is 39.0 Å². The maximum absolute atomic E-state index is 13.4. The molecule has 6 nitrogen and oxygen atoms in total. The Hall–Kier alpha value is -3.09. The van der Waals surface area contributed by atoms with Crippen molar-refractivity contribution in [3.63, 3.8) is 0 Å². The van der Waals surface area contributed by atoms with Crippen LogP contribution in [0.15, 0.2) is 42.5 Å². The molecular weight excluding hydrogens is 423 g/mol. The van der Waals surface area contributed by atoms with E-state index in [2.05, 4.69) is 5.32 Å². The predicted molar refractivity (Wildman–Crippen MR) is 127 cm³/mol. The summed E-state index contributed by atoms with van der Waals surface area (Å²) < 4.78 is 24.0. The number of methoxy groups -OCH3 is 2. The Kier molecular flexibility index (Phi) is 10.2. The summed E-state index contributed by atoms with van der Waals surface area (Å²) in [7, 11) is 3.14. The van der Waals surface area contributed by atoms with Crippen molar-refractivity contribution in [2.45, 2.75) is 65.1 Å². The number of rotatable bonds is 12. The summed E-state index contributed by atoms with van der Waals surface area (Å²) in [6, 6.07) is 11.0. The maximum Gasteiger partial charge on any atom is 0.243 e. The molecule has 0 spiro atoms. The number of carbonyl (C=O) groups excluding carboxylic acids is 2. The lowest BCUT2D eigenvalue weighted by molar-refractivity contribution is -0.141. The Morgan fingerprint density at radius 3 is 2.18 bits per heavy atom. The fourth-order valence-electron chi connectivity index (χ4n) is 3.58. The molecule has 2 atom stereocenters. The Bertz CT molecular complexity index is 917. The van der Waals surface area contributed by atoms with Crippen molar-refractivity contribution in [1.29, 1.82) is 0 Å². The average Bonchev–Trinajstić information content (AvgIpc) is 2.83. The second-order valence-electron chi connectivity index (χ2n) is 8.08. The number of halogens is 1. The van der Waals surface area contributed by atoms with Crippen LogP contribution in [0.4, 0.5) is 4.39 Å². The minimum atomic E-state index is -0.609. The van der Waals surface area contributed by atoms with Crippen molar-refractivity contribution in [2.24, 2.45) is 0 Å². The number of carbonyl (C=O) groups is 2. The van der Waals surface area contributed by atoms with Gasteiger partial charge in [0.2, 0.25) is 11.8 Å². The van der Waals surface area contributed by atoms with Crippen LogP contribution in [0.2, 0.25) is 0 Å². The summed E-state index contributed by atoms with van der Waals surface area (Å²) in [5, 5.41) is 2.99. The van der Waals surface area contributed by atoms with Crippen LogP contribution in [-0.4, -0.2) is 43.0 Å². The minimum absolute atomic E-state index is 0.0149. The first-order valence-electron chi connectivity index (χ1n) is 11.4. The molecule has 2 aromatic rings. The summed E-state index contributed by atoms with van der Waals surface area (Å²) >= 11 is 0. The molecule has 0 aromatic heterocycles. The highest BCUT2D eigenvalue weighted by Crippen LogP contribution is 2.28. The molecule has 0 aliphatic rings. The van der Waals surface area contributed by atoms with E-state index >= 15 is 0 Å². The SMILES string of the molecule is CC[C@H](C)NC(=O)[C@H](CC)N(Cc1ccc(F)cc1)C(=O)CCc1ccc(OC)c(OC)c1. The van der Waals surface area contributed by atoms with Crippen molar-refractivity contribution in [1.82, 2.24) is 10.2 Å². The number of benzene rings is 2. The third kappa shape index (κ3) is 7.48. The van der Waals surface area contributed by atoms with Gasteiger partial charge in [0.25, 0.3) is 0 Å². The Balaban J connectivity index is 2.22. The van der Waals surface area contributed by atoms with Gasteiger partial charge in [-0.05, 0) is 61.6 Å². The Labute approximate surface area is 196 Å². The van der Waals surface area contributed by atoms with Crippen molar-refractivity contribution in [2.75, 3.05) is 14.2 Å². The molecule has 2 amide bonds. The number of hydrogen-bond acceptors (Lipinski definition) is 4. The zero-order valence-corrected chi connectivity index (χ0v) is 20.2. The van der Waals surface area contributed by atoms with Crippen LogP contribution in [-0.2, 0) is 22.6 Å². The summed E-state index contributed by atoms with van der Waals surface area (Å²) in [6.07, 6.45) is 1.99. The van der Waals surface area contributed by atoms with Gasteiger partial charge in [0.1, 0.15) is 11.9 Å². The summed E-state index contributed by atoms with van der Waals surface area (Å²) in [5.41, 5.74) is 1.70. The fraction of sp³-hybridized carbons (Fsp3) is 0.462. The molecule has 2 rings (SSSR count). The van der Waals surface area contributed by atoms with Gasteiger partial charge in [0, 0.05) is 19.0 Å². The van der Waals surface area contributed by atoms with E-state index in [0.717, 1.165) is 17.5 Å². The molecule has 0 aliphatic heterocycles. The van der Waals surface area contributed by atoms with Gasteiger partial charge < -0.3 is 19.7 Å². The molecular formula is C26H35FN2O4. The van der Waals surface area contributed by atoms with Crippen molar-refractivity contribution in [3.05, 3.63) is 59.4 Å². The van der Waals surface area contributed by atoms with E-state index in [0.29, 0.717) is 24.3 Å². The number of ether oxygens (including phenoxy) is 2. The maximum atomic E-state index is 13.4. The molecule has 2 aromatic carbocycles. The molecule has 0 radical (unpaired) electrons. The number of hydrogen-bond donors (Lipinski definition) is 1. The first-order chi connectivity index (χ1) is 15.8. The van der Waals surface area contributed by atoms with Crippen molar-refractivity contribution < 1.29 is 23.5 Å². The highest BCUT2D eigenvalue weighted by molar-refractivity contribution is 5.88. The van der Waals surface area contributed by atoms with E-state index in [1.54, 1.807) is 31.3 Å². The molecule has 0 aliphatic carbocycles. The van der Waals surface area contributed by atoms with E-state index in [1.165, 1.54) is 12.1 Å². The Morgan fingerprint density at radius 1 is 0.970 bits per heavy atom. The number of nitrogens with one attached hydrogen (secondary N) is 1. The lowest BCUT2D eigenvalue weighted by Crippen LogP contribution is -2.50. The van der Waals surface area contributed by atoms with Gasteiger partial charge in [-0.2, -0.15) is 0 Å². The van der Waals surface area contributed by atoms with Gasteiger partial charge in [-0.3, -0.25) is 9.59 Å². The molecule has 0 fully saturated rings. The van der Waals surface area contributed by atoms with Gasteiger partial charge in [0.05, 0.1) is 14.2 Å². The largest absolute Gasteiger partial charge is 0.493 e. The van der Waals surface area contributed by atoms with Crippen molar-refractivity contribution >= 4 is 11.8 Å². The van der Waals surface area contributed by atoms with Crippen LogP contribution in [0, 0.1) is 5.82 Å². The van der Waals surface area contributed by atoms with Crippen LogP contribution in [0.1, 0.15) is 51.2 Å². The van der Waals surface area contributed by atoms with Gasteiger partial charge in [-0.1, -0.05) is 32.0 Å². The summed E-state index contributed by atoms with van der Waals surface area (Å²) in [4.78, 5) is 27.9. The minimum Gasteiger partial charge on any atom is -0.493 e. The average molecular weight is 459 g/mol. The molecule has 0 saturated heterocycles. The molecule has 7 heteroatoms. The molecule has 33 heavy (non-hydrogen) atoms. The van der Waals surface area contributed by atoms with E-state index in [-0.39, 0.29) is 36.6 Å². The van der Waals surface area contributed by atoms with Crippen LogP contribution in [0.5, 0.6) is 11.5 Å². The van der Waals surface area contributed by atoms with Gasteiger partial charge in [0.15, 0.2) is 11.5 Å². The van der Waals surface area contributed by atoms with Crippen molar-refractivity contribution in [3.8, 4) is 11.5 Å². The van der Waals surface area contributed by atoms with Crippen LogP contribution in [0.25, 0.3) is 0 Å². The summed E-state index contributed by atoms with van der Waals surface area (Å²) in [5.74, 6) is 0.573. The van der Waals surface area contributed by atoms with Gasteiger partial charge in [-0.25, -0.2) is 4.39 Å². The molecule has 0 bridgehead atoms. The molecule has 0 heterocycles. The quantitative estimate of drug-likeness (QED) is 0.509. The topological polar surface area (TPSA) is 67.9 Å². The lowest BCUT2D eigenvalue weighted by Gasteiger charge is -2.31. The molecule has 0 saturated carbocycles. The number of amides is 2. The van der Waals surface area contributed by atoms with Crippen LogP contribution < -0.4 is 14.8 Å². The second kappa shape index (κ2) is 12.8. The Morgan fingerprint density at radius 2 is 1.61 bits per heavy atom. The van der Waals surface area contributed by atoms with Crippen LogP contribution in [0.3, 0.4) is 0 Å². The van der Waals surface area contributed by atoms with E-state index in [4.69, 9.17) is 9.47 Å². The number of nitrogens with zero attached hydrogens (tertiary/aromatic N) is 1. The number of aryl methyl sites for hydroxylation is 1. The normalized spacial score (nSPS) is 12.5. The first-order valence-corrected chi connectivity index (χ1v) is 11.4. The molecule has 0 unspecified atom stereocenters. The fourth-order valence-corrected chi connectivity index (χ4v) is 3.58. The zero-order chi connectivity index (χ0) is 24.4. The monoisotopic (exact) mass is 458 g/mol. The second-order valence-corrected chi connectivity index (χ2v) is 8.08. The third-order valence-corrected chi connectivity index (χ3v) is 5.73. The van der Waals surface area contributed by atoms with Gasteiger partial charge in [-0.15, -0.1) is 0 Å². The van der Waals surface area contributed by atoms with Crippen LogP contribution >= 0.6 is 0 Å². The van der Waals surface area contributed by atoms with Gasteiger partial charge >= 0.3 is 0 Å². The molecule has 1 N–H and O–H groups in total. The standard InChI is InChI=1S/C26H35FN2O4/c1-6-18(3)28-26(31)22(7-2)29(17-20-8-12-21(27)13-9-20)25(30)15-11-19-10-14-23(32-4)24(16-19)33-5/h8-10,12-14,16,18,22H,6-7,11,15,17H2,1-5H3,(H,28,31)/t18-,22-/m0/s1. The highest BCUT2D eigenvalue weighted by Gasteiger charge is 2.29. The lowest BCUT2D eigenvalue weighted by atomic mass is 10.1. The zero-order valence-electron chi connectivity index (χ0n) is 20.2. The van der Waals surface area contributed by atoms with E-state index < -0.39 is 6.04 Å². The summed E-state index contributed by atoms with van der Waals surface area (Å²) in [6.45, 7) is 6.06. The highest BCUT2D eigenvalue weighted by atomic mass is 19.1. The van der Waals surface area contributed by atoms with E-state index in [9.17, 15) is 14.0 Å². The third-order valence-electron chi connectivity index (χ3n) is 5.73. The molecule has 180 valence electrons. The smallest absolute Gasteiger partial charge is 0.243 e. The predicted octanol–water partition coefficient (Wildman–Crippen LogP) is 4.50.